The number of piperidine rings is 1. The summed E-state index contributed by atoms with van der Waals surface area (Å²) in [5.74, 6) is 0. The van der Waals surface area contributed by atoms with E-state index in [1.54, 1.807) is 0 Å². The van der Waals surface area contributed by atoms with Gasteiger partial charge in [-0.15, -0.1) is 0 Å². The molecule has 0 spiro atoms. The Hall–Kier alpha value is -1.80. The molecule has 0 N–H and O–H groups in total. The Bertz CT molecular complexity index is 644. The van der Waals surface area contributed by atoms with Gasteiger partial charge in [0.1, 0.15) is 6.17 Å². The Balaban J connectivity index is 1.85. The zero-order valence-electron chi connectivity index (χ0n) is 12.6. The van der Waals surface area contributed by atoms with E-state index in [0.717, 1.165) is 0 Å². The Kier molecular flexibility index (Phi) is 3.19. The summed E-state index contributed by atoms with van der Waals surface area (Å²) in [5.41, 5.74) is 5.58. The lowest BCUT2D eigenvalue weighted by atomic mass is 9.90. The maximum Gasteiger partial charge on any atom is 0.109 e. The van der Waals surface area contributed by atoms with Crippen molar-refractivity contribution in [3.05, 3.63) is 54.1 Å². The monoisotopic (exact) mass is 278 g/mol. The fourth-order valence-corrected chi connectivity index (χ4v) is 3.92. The van der Waals surface area contributed by atoms with Gasteiger partial charge in [0.15, 0.2) is 0 Å². The SMILES string of the molecule is CN1c2ccccc2-c2ccccc2C1N1CCCCC1. The Morgan fingerprint density at radius 1 is 0.810 bits per heavy atom. The highest BCUT2D eigenvalue weighted by atomic mass is 15.3. The van der Waals surface area contributed by atoms with Crippen LogP contribution in [0.15, 0.2) is 48.5 Å². The van der Waals surface area contributed by atoms with Gasteiger partial charge in [-0.1, -0.05) is 48.9 Å². The van der Waals surface area contributed by atoms with Gasteiger partial charge in [0.25, 0.3) is 0 Å². The Labute approximate surface area is 127 Å². The van der Waals surface area contributed by atoms with E-state index in [4.69, 9.17) is 0 Å². The van der Waals surface area contributed by atoms with E-state index in [1.165, 1.54) is 54.7 Å². The van der Waals surface area contributed by atoms with E-state index < -0.39 is 0 Å². The van der Waals surface area contributed by atoms with Crippen LogP contribution in [-0.2, 0) is 0 Å². The Morgan fingerprint density at radius 2 is 1.48 bits per heavy atom. The number of benzene rings is 2. The Morgan fingerprint density at radius 3 is 2.29 bits per heavy atom. The first kappa shape index (κ1) is 12.9. The van der Waals surface area contributed by atoms with Gasteiger partial charge in [-0.05, 0) is 30.0 Å². The third-order valence-corrected chi connectivity index (χ3v) is 4.92. The molecule has 2 aliphatic heterocycles. The highest BCUT2D eigenvalue weighted by Crippen LogP contribution is 2.45. The molecule has 4 rings (SSSR count). The zero-order valence-corrected chi connectivity index (χ0v) is 12.6. The standard InChI is InChI=1S/C19H22N2/c1-20-18-12-6-5-10-16(18)15-9-3-4-11-17(15)19(20)21-13-7-2-8-14-21/h3-6,9-12,19H,2,7-8,13-14H2,1H3. The molecule has 2 aromatic carbocycles. The minimum atomic E-state index is 0.386. The van der Waals surface area contributed by atoms with Gasteiger partial charge >= 0.3 is 0 Å². The normalized spacial score (nSPS) is 21.8. The predicted molar refractivity (Wildman–Crippen MR) is 88.4 cm³/mol. The first-order chi connectivity index (χ1) is 10.4. The van der Waals surface area contributed by atoms with Crippen molar-refractivity contribution in [3.8, 4) is 11.1 Å². The maximum absolute atomic E-state index is 2.65. The lowest BCUT2D eigenvalue weighted by molar-refractivity contribution is 0.162. The average molecular weight is 278 g/mol. The van der Waals surface area contributed by atoms with E-state index >= 15 is 0 Å². The van der Waals surface area contributed by atoms with Gasteiger partial charge in [-0.25, -0.2) is 0 Å². The van der Waals surface area contributed by atoms with E-state index in [1.807, 2.05) is 0 Å². The quantitative estimate of drug-likeness (QED) is 0.768. The number of para-hydroxylation sites is 1. The van der Waals surface area contributed by atoms with E-state index in [-0.39, 0.29) is 0 Å². The van der Waals surface area contributed by atoms with Gasteiger partial charge < -0.3 is 4.90 Å². The zero-order chi connectivity index (χ0) is 14.2. The highest BCUT2D eigenvalue weighted by Gasteiger charge is 2.32. The fourth-order valence-electron chi connectivity index (χ4n) is 3.92. The summed E-state index contributed by atoms with van der Waals surface area (Å²) in [6, 6.07) is 17.7. The molecule has 2 heteroatoms. The molecule has 1 saturated heterocycles. The van der Waals surface area contributed by atoms with Crippen molar-refractivity contribution in [1.82, 2.24) is 4.90 Å². The minimum absolute atomic E-state index is 0.386. The number of anilines is 1. The molecule has 2 aliphatic rings. The summed E-state index contributed by atoms with van der Waals surface area (Å²) in [6.07, 6.45) is 4.42. The van der Waals surface area contributed by atoms with Crippen molar-refractivity contribution in [2.24, 2.45) is 0 Å². The van der Waals surface area contributed by atoms with Crippen LogP contribution in [0.1, 0.15) is 31.0 Å². The first-order valence-electron chi connectivity index (χ1n) is 8.01. The third kappa shape index (κ3) is 2.06. The molecule has 0 amide bonds. The lowest BCUT2D eigenvalue weighted by Crippen LogP contribution is -2.44. The van der Waals surface area contributed by atoms with Crippen LogP contribution in [0.4, 0.5) is 5.69 Å². The molecule has 0 radical (unpaired) electrons. The first-order valence-corrected chi connectivity index (χ1v) is 8.01. The van der Waals surface area contributed by atoms with Crippen LogP contribution in [0, 0.1) is 0 Å². The molecular weight excluding hydrogens is 256 g/mol. The summed E-state index contributed by atoms with van der Waals surface area (Å²) < 4.78 is 0. The maximum atomic E-state index is 2.65. The number of hydrogen-bond acceptors (Lipinski definition) is 2. The van der Waals surface area contributed by atoms with Crippen LogP contribution in [0.5, 0.6) is 0 Å². The largest absolute Gasteiger partial charge is 0.354 e. The highest BCUT2D eigenvalue weighted by molar-refractivity contribution is 5.84. The molecule has 21 heavy (non-hydrogen) atoms. The molecular formula is C19H22N2. The number of likely N-dealkylation sites (tertiary alicyclic amines) is 1. The van der Waals surface area contributed by atoms with Crippen molar-refractivity contribution in [2.75, 3.05) is 25.0 Å². The van der Waals surface area contributed by atoms with Crippen molar-refractivity contribution < 1.29 is 0 Å². The summed E-state index contributed by atoms with van der Waals surface area (Å²) in [5, 5.41) is 0. The second kappa shape index (κ2) is 5.19. The van der Waals surface area contributed by atoms with E-state index in [0.29, 0.717) is 6.17 Å². The molecule has 1 atom stereocenters. The smallest absolute Gasteiger partial charge is 0.109 e. The van der Waals surface area contributed by atoms with Crippen LogP contribution >= 0.6 is 0 Å². The molecule has 0 aliphatic carbocycles. The van der Waals surface area contributed by atoms with Gasteiger partial charge in [0.05, 0.1) is 0 Å². The van der Waals surface area contributed by atoms with Crippen LogP contribution < -0.4 is 4.90 Å². The molecule has 1 fully saturated rings. The number of hydrogen-bond donors (Lipinski definition) is 0. The van der Waals surface area contributed by atoms with Crippen LogP contribution in [-0.4, -0.2) is 25.0 Å². The summed E-state index contributed by atoms with van der Waals surface area (Å²) >= 11 is 0. The number of fused-ring (bicyclic) bond motifs is 3. The number of rotatable bonds is 1. The van der Waals surface area contributed by atoms with Crippen molar-refractivity contribution >= 4 is 5.69 Å². The third-order valence-electron chi connectivity index (χ3n) is 4.92. The van der Waals surface area contributed by atoms with Crippen molar-refractivity contribution in [3.63, 3.8) is 0 Å². The fraction of sp³-hybridized carbons (Fsp3) is 0.368. The van der Waals surface area contributed by atoms with Gasteiger partial charge in [0.2, 0.25) is 0 Å². The van der Waals surface area contributed by atoms with Crippen molar-refractivity contribution in [1.29, 1.82) is 0 Å². The average Bonchev–Trinajstić information content (AvgIpc) is 2.56. The van der Waals surface area contributed by atoms with Crippen LogP contribution in [0.25, 0.3) is 11.1 Å². The van der Waals surface area contributed by atoms with Gasteiger partial charge in [-0.2, -0.15) is 0 Å². The van der Waals surface area contributed by atoms with Crippen molar-refractivity contribution in [2.45, 2.75) is 25.4 Å². The van der Waals surface area contributed by atoms with E-state index in [2.05, 4.69) is 65.4 Å². The second-order valence-electron chi connectivity index (χ2n) is 6.19. The summed E-state index contributed by atoms with van der Waals surface area (Å²) in [4.78, 5) is 5.11. The summed E-state index contributed by atoms with van der Waals surface area (Å²) in [6.45, 7) is 2.43. The topological polar surface area (TPSA) is 6.48 Å². The molecule has 2 heterocycles. The van der Waals surface area contributed by atoms with E-state index in [9.17, 15) is 0 Å². The molecule has 0 aromatic heterocycles. The van der Waals surface area contributed by atoms with Crippen LogP contribution in [0.3, 0.4) is 0 Å². The molecule has 108 valence electrons. The lowest BCUT2D eigenvalue weighted by Gasteiger charge is -2.45. The summed E-state index contributed by atoms with van der Waals surface area (Å²) in [7, 11) is 2.24. The second-order valence-corrected chi connectivity index (χ2v) is 6.19. The predicted octanol–water partition coefficient (Wildman–Crippen LogP) is 4.29. The van der Waals surface area contributed by atoms with Crippen LogP contribution in [0.2, 0.25) is 0 Å². The van der Waals surface area contributed by atoms with Gasteiger partial charge in [0, 0.05) is 31.4 Å². The molecule has 2 nitrogen and oxygen atoms in total. The molecule has 0 bridgehead atoms. The molecule has 0 saturated carbocycles. The molecule has 1 unspecified atom stereocenters. The molecule has 2 aromatic rings. The van der Waals surface area contributed by atoms with Gasteiger partial charge in [-0.3, -0.25) is 4.90 Å². The minimum Gasteiger partial charge on any atom is -0.354 e. The number of nitrogens with zero attached hydrogens (tertiary/aromatic N) is 2.